The number of pyridine rings is 6. The average molecular weight is 1400 g/mol. The molecule has 0 saturated heterocycles. The second kappa shape index (κ2) is 34.0. The zero-order chi connectivity index (χ0) is 80.3. The Morgan fingerprint density at radius 3 is 1.00 bits per heavy atom. The minimum atomic E-state index is -1.52. The lowest BCUT2D eigenvalue weighted by Crippen LogP contribution is -2.33. The van der Waals surface area contributed by atoms with E-state index in [0.717, 1.165) is 57.7 Å². The van der Waals surface area contributed by atoms with Gasteiger partial charge in [0.05, 0.1) is 0 Å². The molecule has 0 spiro atoms. The molecular weight excluding hydrogens is 1270 g/mol. The predicted octanol–water partition coefficient (Wildman–Crippen LogP) is 19.0. The van der Waals surface area contributed by atoms with Crippen molar-refractivity contribution in [3.63, 3.8) is 0 Å². The van der Waals surface area contributed by atoms with Crippen LogP contribution in [0, 0.1) is 41.5 Å². The first-order chi connectivity index (χ1) is 54.0. The molecule has 0 unspecified atom stereocenters. The van der Waals surface area contributed by atoms with Crippen molar-refractivity contribution in [1.29, 1.82) is 0 Å². The van der Waals surface area contributed by atoms with Crippen LogP contribution in [-0.2, 0) is 119 Å². The highest BCUT2D eigenvalue weighted by molar-refractivity contribution is 5.70. The van der Waals surface area contributed by atoms with Crippen LogP contribution in [0.1, 0.15) is 169 Å². The molecule has 6 aromatic carbocycles. The summed E-state index contributed by atoms with van der Waals surface area (Å²) in [7, 11) is 12.4. The molecule has 0 radical (unpaired) electrons. The summed E-state index contributed by atoms with van der Waals surface area (Å²) in [6, 6.07) is 63.3. The first kappa shape index (κ1) is 63.7. The molecule has 6 aliphatic carbocycles. The van der Waals surface area contributed by atoms with Crippen molar-refractivity contribution in [2.24, 2.45) is 42.3 Å². The third-order valence-electron chi connectivity index (χ3n) is 22.3. The van der Waals surface area contributed by atoms with Gasteiger partial charge in [-0.3, -0.25) is 0 Å². The van der Waals surface area contributed by atoms with E-state index in [2.05, 4.69) is 231 Å². The Bertz CT molecular complexity index is 5520. The molecule has 0 saturated carbocycles. The van der Waals surface area contributed by atoms with Gasteiger partial charge < -0.3 is 0 Å². The Balaban J connectivity index is 0.000000119. The summed E-state index contributed by atoms with van der Waals surface area (Å²) >= 11 is 0. The fraction of sp³-hybridized carbons (Fsp3) is 0.333. The Labute approximate surface area is 640 Å². The molecule has 0 atom stereocenters. The number of rotatable bonds is 6. The van der Waals surface area contributed by atoms with Gasteiger partial charge in [0, 0.05) is 114 Å². The van der Waals surface area contributed by atoms with Gasteiger partial charge in [-0.15, -0.1) is 0 Å². The van der Waals surface area contributed by atoms with Crippen molar-refractivity contribution in [3.05, 3.63) is 319 Å². The third-order valence-corrected chi connectivity index (χ3v) is 22.3. The molecule has 534 valence electrons. The molecular formula is C99H114N6+6. The largest absolute Gasteiger partial charge is 0.216 e. The van der Waals surface area contributed by atoms with Gasteiger partial charge in [-0.25, -0.2) is 27.4 Å². The topological polar surface area (TPSA) is 23.3 Å². The van der Waals surface area contributed by atoms with E-state index in [0.29, 0.717) is 30.4 Å². The van der Waals surface area contributed by atoms with Crippen LogP contribution >= 0.6 is 0 Å². The van der Waals surface area contributed by atoms with Crippen LogP contribution in [-0.4, -0.2) is 0 Å². The molecule has 18 rings (SSSR count). The summed E-state index contributed by atoms with van der Waals surface area (Å²) in [6.45, 7) is 12.8. The van der Waals surface area contributed by atoms with E-state index in [9.17, 15) is 0 Å². The van der Waals surface area contributed by atoms with E-state index in [4.69, 9.17) is 11.0 Å². The first-order valence-electron chi connectivity index (χ1n) is 42.5. The quantitative estimate of drug-likeness (QED) is 0.148. The van der Waals surface area contributed by atoms with E-state index in [1.165, 1.54) is 148 Å². The summed E-state index contributed by atoms with van der Waals surface area (Å²) in [4.78, 5) is 0. The van der Waals surface area contributed by atoms with Gasteiger partial charge in [0.15, 0.2) is 37.2 Å². The lowest BCUT2D eigenvalue weighted by Gasteiger charge is -2.17. The molecule has 0 aliphatic heterocycles. The molecule has 0 fully saturated rings. The SMILES string of the molecule is Cc1ccccc1-c1c2c(cc[n+]1C)CCC2.Cc1ccccc1-c1c2c(cc[n+]1C)CCCC2.Cc1ccccc1-c1cc2c(c[n+]1C)CCC2.[2H]C1([2H])CCC([2H])([2H])c2c1cc[n+](C)c2-c1ccccc1C.[2H]C1([2H])CCCc2c[n+](C)c(-c3ccccc3C)cc21.[2H]C1([2H])Cc2cc[n+](C)c(-c3ccccc3C)c2C1. The number of fused-ring (bicyclic) bond motifs is 6. The maximum Gasteiger partial charge on any atom is 0.216 e. The lowest BCUT2D eigenvalue weighted by atomic mass is 9.88. The van der Waals surface area contributed by atoms with Crippen LogP contribution in [0.2, 0.25) is 0 Å². The summed E-state index contributed by atoms with van der Waals surface area (Å²) in [5.41, 5.74) is 36.9. The van der Waals surface area contributed by atoms with Crippen LogP contribution in [0.15, 0.2) is 219 Å². The Morgan fingerprint density at radius 2 is 0.533 bits per heavy atom. The molecule has 6 aromatic heterocycles. The summed E-state index contributed by atoms with van der Waals surface area (Å²) in [5, 5.41) is 0. The fourth-order valence-corrected chi connectivity index (χ4v) is 16.6. The third kappa shape index (κ3) is 16.7. The maximum absolute atomic E-state index is 8.43. The van der Waals surface area contributed by atoms with Gasteiger partial charge in [-0.2, -0.15) is 0 Å². The van der Waals surface area contributed by atoms with Gasteiger partial charge in [-0.1, -0.05) is 109 Å². The van der Waals surface area contributed by atoms with E-state index >= 15 is 0 Å². The number of benzene rings is 6. The molecule has 6 aliphatic rings. The van der Waals surface area contributed by atoms with Crippen molar-refractivity contribution in [2.75, 3.05) is 0 Å². The highest BCUT2D eigenvalue weighted by Gasteiger charge is 2.29. The van der Waals surface area contributed by atoms with Gasteiger partial charge in [-0.05, 0) is 279 Å². The number of aromatic nitrogens is 6. The smallest absolute Gasteiger partial charge is 0.201 e. The van der Waals surface area contributed by atoms with Crippen molar-refractivity contribution in [2.45, 2.75) is 176 Å². The summed E-state index contributed by atoms with van der Waals surface area (Å²) in [6.07, 6.45) is 24.1. The van der Waals surface area contributed by atoms with Crippen LogP contribution in [0.25, 0.3) is 67.5 Å². The first-order valence-corrected chi connectivity index (χ1v) is 38.5. The van der Waals surface area contributed by atoms with E-state index in [-0.39, 0.29) is 12.8 Å². The molecule has 6 heteroatoms. The van der Waals surface area contributed by atoms with Crippen molar-refractivity contribution in [3.8, 4) is 67.5 Å². The zero-order valence-corrected chi connectivity index (χ0v) is 64.5. The normalized spacial score (nSPS) is 17.1. The monoisotopic (exact) mass is 1390 g/mol. The van der Waals surface area contributed by atoms with Crippen LogP contribution in [0.3, 0.4) is 0 Å². The second-order valence-electron chi connectivity index (χ2n) is 29.7. The van der Waals surface area contributed by atoms with Gasteiger partial charge >= 0.3 is 0 Å². The average Bonchev–Trinajstić information content (AvgIpc) is 1.54. The van der Waals surface area contributed by atoms with E-state index < -0.39 is 25.5 Å². The Morgan fingerprint density at radius 1 is 0.238 bits per heavy atom. The molecule has 0 amide bonds. The van der Waals surface area contributed by atoms with Crippen LogP contribution in [0.5, 0.6) is 0 Å². The molecule has 0 N–H and O–H groups in total. The molecule has 6 nitrogen and oxygen atoms in total. The minimum absolute atomic E-state index is 0.204. The molecule has 6 heterocycles. The number of hydrogen-bond acceptors (Lipinski definition) is 0. The van der Waals surface area contributed by atoms with Crippen molar-refractivity contribution in [1.82, 2.24) is 0 Å². The highest BCUT2D eigenvalue weighted by atomic mass is 14.9. The number of nitrogens with zero attached hydrogens (tertiary/aromatic N) is 6. The molecule has 12 aromatic rings. The lowest BCUT2D eigenvalue weighted by molar-refractivity contribution is -0.661. The zero-order valence-electron chi connectivity index (χ0n) is 72.5. The number of hydrogen-bond donors (Lipinski definition) is 0. The standard InChI is InChI=1S/3C17H20N.3C16H18N/c1-13-7-3-6-10-16(13)17-11-14-8-4-5-9-15(14)12-18(17)2;2*1-13-7-3-5-9-15(13)17-16-10-6-4-8-14(16)11-12-18(17)2;1-12-6-3-4-9-15(12)16-10-13-7-5-8-14(13)11-17(16)2;2*1-12-6-3-4-8-14(12)16-15-9-5-7-13(15)10-11-17(16)2/h3,6-7,10-12H,4-5,8-9H2,1-2H3;2*3,5,7,9,11-12H,4,6,8,10H2,1-2H3;3-4,6,9-11H,5,7-8H2,1-2H3;2*3-4,6,8,10-11H,5,7,9H2,1-2H3/q6*+1/i8D2;8D2,10D2;;;5D2;. The van der Waals surface area contributed by atoms with Gasteiger partial charge in [0.25, 0.3) is 0 Å². The van der Waals surface area contributed by atoms with Gasteiger partial charge in [0.2, 0.25) is 34.2 Å². The number of aryl methyl sites for hydroxylation is 20. The fourth-order valence-electron chi connectivity index (χ4n) is 16.6. The highest BCUT2D eigenvalue weighted by Crippen LogP contribution is 2.36. The molecule has 105 heavy (non-hydrogen) atoms. The second-order valence-corrected chi connectivity index (χ2v) is 29.7. The Hall–Kier alpha value is -9.78. The van der Waals surface area contributed by atoms with Crippen molar-refractivity contribution >= 4 is 0 Å². The van der Waals surface area contributed by atoms with Crippen LogP contribution < -0.4 is 27.4 Å². The van der Waals surface area contributed by atoms with Crippen molar-refractivity contribution < 1.29 is 38.4 Å². The van der Waals surface area contributed by atoms with E-state index in [1.54, 1.807) is 33.9 Å². The Kier molecular flexibility index (Phi) is 20.6. The maximum atomic E-state index is 8.43. The minimum Gasteiger partial charge on any atom is -0.201 e. The predicted molar refractivity (Wildman–Crippen MR) is 433 cm³/mol. The summed E-state index contributed by atoms with van der Waals surface area (Å²) < 4.78 is 78.9. The summed E-state index contributed by atoms with van der Waals surface area (Å²) in [5.74, 6) is 0. The van der Waals surface area contributed by atoms with E-state index in [1.807, 2.05) is 93.6 Å². The van der Waals surface area contributed by atoms with Gasteiger partial charge in [0.1, 0.15) is 42.3 Å². The van der Waals surface area contributed by atoms with Crippen LogP contribution in [0.4, 0.5) is 0 Å². The molecule has 0 bridgehead atoms.